The number of amides is 2. The van der Waals surface area contributed by atoms with Crippen LogP contribution in [0.5, 0.6) is 5.75 Å². The van der Waals surface area contributed by atoms with Crippen LogP contribution in [0.3, 0.4) is 0 Å². The summed E-state index contributed by atoms with van der Waals surface area (Å²) in [5.41, 5.74) is 0. The van der Waals surface area contributed by atoms with Gasteiger partial charge in [0.25, 0.3) is 0 Å². The number of methoxy groups -OCH3 is 1. The Hall–Kier alpha value is -1.76. The molecule has 1 fully saturated rings. The van der Waals surface area contributed by atoms with Crippen molar-refractivity contribution in [1.82, 2.24) is 10.2 Å². The number of likely N-dealkylation sites (tertiary alicyclic amines) is 1. The molecule has 7 heteroatoms. The Kier molecular flexibility index (Phi) is 7.75. The lowest BCUT2D eigenvalue weighted by Gasteiger charge is -2.34. The molecule has 0 aromatic heterocycles. The number of hydrogen-bond donors (Lipinski definition) is 1. The number of alkyl carbamates (subject to hydrolysis) is 1. The zero-order chi connectivity index (χ0) is 19.1. The Morgan fingerprint density at radius 2 is 2.00 bits per heavy atom. The largest absolute Gasteiger partial charge is 0.490 e. The van der Waals surface area contributed by atoms with E-state index in [9.17, 15) is 9.59 Å². The zero-order valence-corrected chi connectivity index (χ0v) is 17.1. The lowest BCUT2D eigenvalue weighted by Crippen LogP contribution is -2.52. The van der Waals surface area contributed by atoms with Gasteiger partial charge in [-0.2, -0.15) is 0 Å². The first-order valence-electron chi connectivity index (χ1n) is 8.94. The molecular formula is C19H27BrN2O4. The van der Waals surface area contributed by atoms with Crippen molar-refractivity contribution in [3.63, 3.8) is 0 Å². The lowest BCUT2D eigenvalue weighted by molar-refractivity contribution is -0.135. The molecule has 0 unspecified atom stereocenters. The highest BCUT2D eigenvalue weighted by Gasteiger charge is 2.30. The average molecular weight is 427 g/mol. The van der Waals surface area contributed by atoms with Gasteiger partial charge in [0.1, 0.15) is 17.9 Å². The zero-order valence-electron chi connectivity index (χ0n) is 15.5. The summed E-state index contributed by atoms with van der Waals surface area (Å²) >= 11 is 3.44. The second-order valence-corrected chi connectivity index (χ2v) is 7.83. The fraction of sp³-hybridized carbons (Fsp3) is 0.579. The number of halogens is 1. The molecule has 144 valence electrons. The van der Waals surface area contributed by atoms with Crippen LogP contribution in [-0.2, 0) is 9.53 Å². The Bertz CT molecular complexity index is 615. The van der Waals surface area contributed by atoms with Crippen LogP contribution in [0.4, 0.5) is 4.79 Å². The summed E-state index contributed by atoms with van der Waals surface area (Å²) in [6.07, 6.45) is 1.64. The van der Waals surface area contributed by atoms with Crippen LogP contribution in [0.2, 0.25) is 0 Å². The van der Waals surface area contributed by atoms with E-state index in [2.05, 4.69) is 26.0 Å². The van der Waals surface area contributed by atoms with E-state index >= 15 is 0 Å². The van der Waals surface area contributed by atoms with Gasteiger partial charge in [-0.05, 0) is 30.5 Å². The third-order valence-corrected chi connectivity index (χ3v) is 4.83. The van der Waals surface area contributed by atoms with E-state index in [1.165, 1.54) is 7.11 Å². The molecule has 1 saturated heterocycles. The van der Waals surface area contributed by atoms with E-state index in [4.69, 9.17) is 4.74 Å². The van der Waals surface area contributed by atoms with E-state index in [0.29, 0.717) is 25.4 Å². The summed E-state index contributed by atoms with van der Waals surface area (Å²) in [4.78, 5) is 26.2. The Morgan fingerprint density at radius 1 is 1.31 bits per heavy atom. The maximum atomic E-state index is 12.8. The Labute approximate surface area is 163 Å². The van der Waals surface area contributed by atoms with E-state index in [1.54, 1.807) is 0 Å². The molecule has 1 N–H and O–H groups in total. The molecule has 26 heavy (non-hydrogen) atoms. The molecule has 0 saturated carbocycles. The van der Waals surface area contributed by atoms with Gasteiger partial charge in [0.05, 0.1) is 7.11 Å². The molecule has 1 aromatic rings. The van der Waals surface area contributed by atoms with Gasteiger partial charge < -0.3 is 19.7 Å². The van der Waals surface area contributed by atoms with E-state index < -0.39 is 12.1 Å². The quantitative estimate of drug-likeness (QED) is 0.754. The predicted molar refractivity (Wildman–Crippen MR) is 103 cm³/mol. The number of piperidine rings is 1. The van der Waals surface area contributed by atoms with Crippen molar-refractivity contribution in [3.8, 4) is 5.75 Å². The van der Waals surface area contributed by atoms with Crippen molar-refractivity contribution in [1.29, 1.82) is 0 Å². The number of nitrogens with one attached hydrogen (secondary N) is 1. The summed E-state index contributed by atoms with van der Waals surface area (Å²) < 4.78 is 11.6. The van der Waals surface area contributed by atoms with Crippen molar-refractivity contribution < 1.29 is 19.1 Å². The van der Waals surface area contributed by atoms with Gasteiger partial charge in [-0.1, -0.05) is 35.8 Å². The summed E-state index contributed by atoms with van der Waals surface area (Å²) in [5, 5.41) is 2.66. The first-order chi connectivity index (χ1) is 12.4. The van der Waals surface area contributed by atoms with Gasteiger partial charge in [-0.15, -0.1) is 0 Å². The second kappa shape index (κ2) is 9.80. The highest BCUT2D eigenvalue weighted by Crippen LogP contribution is 2.23. The van der Waals surface area contributed by atoms with Gasteiger partial charge in [0.15, 0.2) is 0 Å². The first kappa shape index (κ1) is 20.6. The highest BCUT2D eigenvalue weighted by molar-refractivity contribution is 9.10. The average Bonchev–Trinajstić information content (AvgIpc) is 2.60. The minimum atomic E-state index is -0.572. The summed E-state index contributed by atoms with van der Waals surface area (Å²) in [5.74, 6) is 1.07. The molecule has 0 radical (unpaired) electrons. The van der Waals surface area contributed by atoms with E-state index in [0.717, 1.165) is 23.1 Å². The standard InChI is InChI=1S/C19H27BrN2O4/c1-13(2)11-17(21-19(24)25-3)18(23)22-9-7-15(8-10-22)26-16-6-4-5-14(20)12-16/h4-6,12-13,15,17H,7-11H2,1-3H3,(H,21,24)/t17-/m0/s1. The molecule has 0 aliphatic carbocycles. The summed E-state index contributed by atoms with van der Waals surface area (Å²) in [7, 11) is 1.30. The van der Waals surface area contributed by atoms with Crippen molar-refractivity contribution in [2.24, 2.45) is 5.92 Å². The molecule has 1 aromatic carbocycles. The molecule has 6 nitrogen and oxygen atoms in total. The minimum absolute atomic E-state index is 0.0509. The summed E-state index contributed by atoms with van der Waals surface area (Å²) in [6.45, 7) is 5.29. The lowest BCUT2D eigenvalue weighted by atomic mass is 10.0. The van der Waals surface area contributed by atoms with Crippen LogP contribution >= 0.6 is 15.9 Å². The molecule has 1 aliphatic rings. The van der Waals surface area contributed by atoms with Crippen LogP contribution < -0.4 is 10.1 Å². The number of hydrogen-bond acceptors (Lipinski definition) is 4. The first-order valence-corrected chi connectivity index (χ1v) is 9.73. The molecule has 0 bridgehead atoms. The number of benzene rings is 1. The molecule has 1 heterocycles. The van der Waals surface area contributed by atoms with Gasteiger partial charge in [0, 0.05) is 30.4 Å². The van der Waals surface area contributed by atoms with E-state index in [1.807, 2.05) is 43.0 Å². The van der Waals surface area contributed by atoms with Crippen molar-refractivity contribution >= 4 is 27.9 Å². The van der Waals surface area contributed by atoms with Crippen molar-refractivity contribution in [2.45, 2.75) is 45.3 Å². The second-order valence-electron chi connectivity index (χ2n) is 6.92. The van der Waals surface area contributed by atoms with Crippen LogP contribution in [-0.4, -0.2) is 49.2 Å². The number of carbonyl (C=O) groups is 2. The fourth-order valence-electron chi connectivity index (χ4n) is 3.04. The predicted octanol–water partition coefficient (Wildman–Crippen LogP) is 3.59. The molecule has 1 aliphatic heterocycles. The number of rotatable bonds is 6. The van der Waals surface area contributed by atoms with Crippen molar-refractivity contribution in [2.75, 3.05) is 20.2 Å². The topological polar surface area (TPSA) is 67.9 Å². The van der Waals surface area contributed by atoms with Gasteiger partial charge in [-0.3, -0.25) is 4.79 Å². The van der Waals surface area contributed by atoms with Gasteiger partial charge >= 0.3 is 6.09 Å². The number of carbonyl (C=O) groups excluding carboxylic acids is 2. The van der Waals surface area contributed by atoms with Crippen LogP contribution in [0.25, 0.3) is 0 Å². The van der Waals surface area contributed by atoms with E-state index in [-0.39, 0.29) is 12.0 Å². The third kappa shape index (κ3) is 6.20. The molecule has 2 amide bonds. The van der Waals surface area contributed by atoms with Crippen molar-refractivity contribution in [3.05, 3.63) is 28.7 Å². The smallest absolute Gasteiger partial charge is 0.407 e. The SMILES string of the molecule is COC(=O)N[C@@H](CC(C)C)C(=O)N1CCC(Oc2cccc(Br)c2)CC1. The van der Waals surface area contributed by atoms with Gasteiger partial charge in [-0.25, -0.2) is 4.79 Å². The summed E-state index contributed by atoms with van der Waals surface area (Å²) in [6, 6.07) is 7.22. The third-order valence-electron chi connectivity index (χ3n) is 4.34. The van der Waals surface area contributed by atoms with Gasteiger partial charge in [0.2, 0.25) is 5.91 Å². The maximum Gasteiger partial charge on any atom is 0.407 e. The maximum absolute atomic E-state index is 12.8. The monoisotopic (exact) mass is 426 g/mol. The van der Waals surface area contributed by atoms with Crippen LogP contribution in [0, 0.1) is 5.92 Å². The van der Waals surface area contributed by atoms with Crippen LogP contribution in [0.15, 0.2) is 28.7 Å². The van der Waals surface area contributed by atoms with Crippen LogP contribution in [0.1, 0.15) is 33.1 Å². The molecule has 1 atom stereocenters. The Morgan fingerprint density at radius 3 is 2.58 bits per heavy atom. The Balaban J connectivity index is 1.89. The normalized spacial score (nSPS) is 16.3. The fourth-order valence-corrected chi connectivity index (χ4v) is 3.42. The minimum Gasteiger partial charge on any atom is -0.490 e. The number of nitrogens with zero attached hydrogens (tertiary/aromatic N) is 1. The molecular weight excluding hydrogens is 400 g/mol. The molecule has 2 rings (SSSR count). The molecule has 0 spiro atoms. The number of ether oxygens (including phenoxy) is 2. The highest BCUT2D eigenvalue weighted by atomic mass is 79.9.